The van der Waals surface area contributed by atoms with Crippen LogP contribution in [0, 0.1) is 6.92 Å². The zero-order chi connectivity index (χ0) is 14.1. The quantitative estimate of drug-likeness (QED) is 0.877. The van der Waals surface area contributed by atoms with Crippen LogP contribution in [0.3, 0.4) is 0 Å². The number of hydrogen-bond donors (Lipinski definition) is 2. The van der Waals surface area contributed by atoms with Crippen LogP contribution < -0.4 is 0 Å². The van der Waals surface area contributed by atoms with E-state index in [1.54, 1.807) is 18.4 Å². The highest BCUT2D eigenvalue weighted by Gasteiger charge is 2.27. The molecule has 0 amide bonds. The highest BCUT2D eigenvalue weighted by molar-refractivity contribution is 5.44. The van der Waals surface area contributed by atoms with E-state index in [1.165, 1.54) is 0 Å². The van der Waals surface area contributed by atoms with Gasteiger partial charge in [0, 0.05) is 19.6 Å². The SMILES string of the molecule is Cc1oc(-c2ccco2)nc1CN1CC[C@@H](O)[C@H](O)C1. The second kappa shape index (κ2) is 5.40. The van der Waals surface area contributed by atoms with Gasteiger partial charge in [0.1, 0.15) is 5.76 Å². The molecule has 3 rings (SSSR count). The molecule has 2 N–H and O–H groups in total. The average molecular weight is 278 g/mol. The molecular weight excluding hydrogens is 260 g/mol. The Hall–Kier alpha value is -1.63. The lowest BCUT2D eigenvalue weighted by Gasteiger charge is -2.32. The second-order valence-electron chi connectivity index (χ2n) is 5.16. The van der Waals surface area contributed by atoms with Crippen molar-refractivity contribution in [1.29, 1.82) is 0 Å². The van der Waals surface area contributed by atoms with E-state index in [0.29, 0.717) is 31.2 Å². The molecule has 0 spiro atoms. The van der Waals surface area contributed by atoms with Crippen molar-refractivity contribution in [3.63, 3.8) is 0 Å². The molecule has 2 atom stereocenters. The number of β-amino-alcohol motifs (C(OH)–C–C–N with tert-alkyl or cyclic N) is 1. The Morgan fingerprint density at radius 3 is 2.95 bits per heavy atom. The Balaban J connectivity index is 1.72. The fraction of sp³-hybridized carbons (Fsp3) is 0.500. The predicted molar refractivity (Wildman–Crippen MR) is 70.8 cm³/mol. The summed E-state index contributed by atoms with van der Waals surface area (Å²) in [5, 5.41) is 19.2. The maximum absolute atomic E-state index is 9.70. The Labute approximate surface area is 116 Å². The molecule has 6 nitrogen and oxygen atoms in total. The molecule has 1 saturated heterocycles. The summed E-state index contributed by atoms with van der Waals surface area (Å²) in [4.78, 5) is 6.51. The van der Waals surface area contributed by atoms with Gasteiger partial charge in [-0.15, -0.1) is 0 Å². The number of rotatable bonds is 3. The Morgan fingerprint density at radius 1 is 1.40 bits per heavy atom. The predicted octanol–water partition coefficient (Wildman–Crippen LogP) is 1.17. The minimum Gasteiger partial charge on any atom is -0.459 e. The highest BCUT2D eigenvalue weighted by Crippen LogP contribution is 2.23. The second-order valence-corrected chi connectivity index (χ2v) is 5.16. The lowest BCUT2D eigenvalue weighted by Crippen LogP contribution is -2.46. The van der Waals surface area contributed by atoms with Crippen LogP contribution in [0.1, 0.15) is 17.9 Å². The minimum absolute atomic E-state index is 0.448. The minimum atomic E-state index is -0.694. The van der Waals surface area contributed by atoms with E-state index in [4.69, 9.17) is 8.83 Å². The van der Waals surface area contributed by atoms with E-state index < -0.39 is 12.2 Å². The van der Waals surface area contributed by atoms with Crippen LogP contribution in [0.15, 0.2) is 27.2 Å². The third kappa shape index (κ3) is 2.63. The summed E-state index contributed by atoms with van der Waals surface area (Å²) in [6.45, 7) is 3.65. The van der Waals surface area contributed by atoms with Crippen molar-refractivity contribution in [3.8, 4) is 11.7 Å². The lowest BCUT2D eigenvalue weighted by atomic mass is 10.1. The van der Waals surface area contributed by atoms with Gasteiger partial charge in [0.2, 0.25) is 0 Å². The number of aliphatic hydroxyl groups is 2. The molecule has 0 bridgehead atoms. The normalized spacial score (nSPS) is 24.1. The topological polar surface area (TPSA) is 82.9 Å². The summed E-state index contributed by atoms with van der Waals surface area (Å²) in [6.07, 6.45) is 0.837. The van der Waals surface area contributed by atoms with Crippen LogP contribution >= 0.6 is 0 Å². The van der Waals surface area contributed by atoms with Gasteiger partial charge in [-0.3, -0.25) is 4.90 Å². The van der Waals surface area contributed by atoms with Crippen molar-refractivity contribution in [3.05, 3.63) is 29.9 Å². The zero-order valence-electron chi connectivity index (χ0n) is 11.3. The highest BCUT2D eigenvalue weighted by atomic mass is 16.4. The fourth-order valence-electron chi connectivity index (χ4n) is 2.42. The Kier molecular flexibility index (Phi) is 3.60. The molecule has 0 aromatic carbocycles. The summed E-state index contributed by atoms with van der Waals surface area (Å²) in [6, 6.07) is 3.59. The van der Waals surface area contributed by atoms with Gasteiger partial charge >= 0.3 is 0 Å². The van der Waals surface area contributed by atoms with Gasteiger partial charge in [-0.1, -0.05) is 0 Å². The van der Waals surface area contributed by atoms with Gasteiger partial charge < -0.3 is 19.0 Å². The van der Waals surface area contributed by atoms with Gasteiger partial charge in [-0.05, 0) is 25.5 Å². The number of oxazole rings is 1. The van der Waals surface area contributed by atoms with Gasteiger partial charge in [0.25, 0.3) is 5.89 Å². The van der Waals surface area contributed by atoms with Gasteiger partial charge in [-0.25, -0.2) is 4.98 Å². The maximum Gasteiger partial charge on any atom is 0.263 e. The van der Waals surface area contributed by atoms with E-state index >= 15 is 0 Å². The van der Waals surface area contributed by atoms with Crippen molar-refractivity contribution in [2.75, 3.05) is 13.1 Å². The monoisotopic (exact) mass is 278 g/mol. The number of piperidine rings is 1. The Morgan fingerprint density at radius 2 is 2.25 bits per heavy atom. The average Bonchev–Trinajstić information content (AvgIpc) is 3.04. The van der Waals surface area contributed by atoms with Crippen LogP contribution in [-0.2, 0) is 6.54 Å². The number of hydrogen-bond acceptors (Lipinski definition) is 6. The molecule has 1 aliphatic heterocycles. The molecule has 0 unspecified atom stereocenters. The summed E-state index contributed by atoms with van der Waals surface area (Å²) in [5.74, 6) is 1.82. The molecule has 1 aliphatic rings. The van der Waals surface area contributed by atoms with E-state index in [1.807, 2.05) is 6.92 Å². The molecule has 0 aliphatic carbocycles. The molecule has 0 saturated carbocycles. The first-order valence-electron chi connectivity index (χ1n) is 6.72. The molecule has 108 valence electrons. The number of likely N-dealkylation sites (tertiary alicyclic amines) is 1. The van der Waals surface area contributed by atoms with E-state index in [9.17, 15) is 10.2 Å². The number of nitrogens with zero attached hydrogens (tertiary/aromatic N) is 2. The summed E-state index contributed by atoms with van der Waals surface area (Å²) in [5.41, 5.74) is 0.833. The van der Waals surface area contributed by atoms with Crippen LogP contribution in [0.5, 0.6) is 0 Å². The lowest BCUT2D eigenvalue weighted by molar-refractivity contribution is -0.0406. The van der Waals surface area contributed by atoms with Crippen LogP contribution in [0.2, 0.25) is 0 Å². The van der Waals surface area contributed by atoms with Crippen LogP contribution in [0.4, 0.5) is 0 Å². The molecule has 6 heteroatoms. The van der Waals surface area contributed by atoms with E-state index in [2.05, 4.69) is 9.88 Å². The zero-order valence-corrected chi connectivity index (χ0v) is 11.3. The first kappa shape index (κ1) is 13.4. The standard InChI is InChI=1S/C14H18N2O4/c1-9-10(7-16-5-4-11(17)12(18)8-16)15-14(20-9)13-3-2-6-19-13/h2-3,6,11-12,17-18H,4-5,7-8H2,1H3/t11-,12-/m1/s1. The molecule has 2 aromatic heterocycles. The first-order valence-corrected chi connectivity index (χ1v) is 6.72. The van der Waals surface area contributed by atoms with Crippen molar-refractivity contribution in [2.24, 2.45) is 0 Å². The fourth-order valence-corrected chi connectivity index (χ4v) is 2.42. The van der Waals surface area contributed by atoms with Gasteiger partial charge in [0.05, 0.1) is 24.2 Å². The summed E-state index contributed by atoms with van der Waals surface area (Å²) in [7, 11) is 0. The molecular formula is C14H18N2O4. The molecule has 2 aromatic rings. The molecule has 20 heavy (non-hydrogen) atoms. The number of aliphatic hydroxyl groups excluding tert-OH is 2. The van der Waals surface area contributed by atoms with Crippen molar-refractivity contribution < 1.29 is 19.0 Å². The maximum atomic E-state index is 9.70. The third-order valence-corrected chi connectivity index (χ3v) is 3.63. The molecule has 1 fully saturated rings. The molecule has 3 heterocycles. The first-order chi connectivity index (χ1) is 9.63. The van der Waals surface area contributed by atoms with Crippen LogP contribution in [-0.4, -0.2) is 45.4 Å². The largest absolute Gasteiger partial charge is 0.459 e. The summed E-state index contributed by atoms with van der Waals surface area (Å²) >= 11 is 0. The van der Waals surface area contributed by atoms with E-state index in [0.717, 1.165) is 18.0 Å². The smallest absolute Gasteiger partial charge is 0.263 e. The van der Waals surface area contributed by atoms with Crippen molar-refractivity contribution >= 4 is 0 Å². The van der Waals surface area contributed by atoms with E-state index in [-0.39, 0.29) is 0 Å². The number of furan rings is 1. The number of aryl methyl sites for hydroxylation is 1. The van der Waals surface area contributed by atoms with Crippen LogP contribution in [0.25, 0.3) is 11.7 Å². The number of aromatic nitrogens is 1. The van der Waals surface area contributed by atoms with Crippen molar-refractivity contribution in [1.82, 2.24) is 9.88 Å². The Bertz CT molecular complexity index is 564. The van der Waals surface area contributed by atoms with Gasteiger partial charge in [-0.2, -0.15) is 0 Å². The molecule has 0 radical (unpaired) electrons. The third-order valence-electron chi connectivity index (χ3n) is 3.63. The van der Waals surface area contributed by atoms with Crippen molar-refractivity contribution in [2.45, 2.75) is 32.1 Å². The summed E-state index contributed by atoms with van der Waals surface area (Å²) < 4.78 is 10.9. The van der Waals surface area contributed by atoms with Gasteiger partial charge in [0.15, 0.2) is 5.76 Å².